The smallest absolute Gasteiger partial charge is 0.271 e. The first-order valence-corrected chi connectivity index (χ1v) is 9.79. The lowest BCUT2D eigenvalue weighted by molar-refractivity contribution is 0.0957. The molecule has 0 radical (unpaired) electrons. The van der Waals surface area contributed by atoms with Gasteiger partial charge in [-0.2, -0.15) is 5.10 Å². The van der Waals surface area contributed by atoms with Crippen LogP contribution in [-0.4, -0.2) is 12.1 Å². The Hall–Kier alpha value is -3.92. The van der Waals surface area contributed by atoms with E-state index in [2.05, 4.69) is 41.7 Å². The zero-order chi connectivity index (χ0) is 20.8. The van der Waals surface area contributed by atoms with Crippen LogP contribution in [0.15, 0.2) is 96.1 Å². The van der Waals surface area contributed by atoms with Crippen LogP contribution in [0, 0.1) is 6.92 Å². The average molecular weight is 394 g/mol. The molecule has 4 rings (SSSR count). The summed E-state index contributed by atoms with van der Waals surface area (Å²) in [5, 5.41) is 6.02. The lowest BCUT2D eigenvalue weighted by Crippen LogP contribution is -2.17. The van der Waals surface area contributed by atoms with E-state index in [4.69, 9.17) is 4.74 Å². The molecule has 148 valence electrons. The fourth-order valence-corrected chi connectivity index (χ4v) is 3.15. The van der Waals surface area contributed by atoms with E-state index in [1.54, 1.807) is 12.3 Å². The number of nitrogens with one attached hydrogen (secondary N) is 1. The van der Waals surface area contributed by atoms with E-state index in [0.717, 1.165) is 27.6 Å². The van der Waals surface area contributed by atoms with Crippen LogP contribution in [0.3, 0.4) is 0 Å². The molecule has 1 N–H and O–H groups in total. The van der Waals surface area contributed by atoms with Gasteiger partial charge in [-0.05, 0) is 59.2 Å². The van der Waals surface area contributed by atoms with Crippen LogP contribution in [0.5, 0.6) is 5.75 Å². The fraction of sp³-hybridized carbons (Fsp3) is 0.0769. The number of carbonyl (C=O) groups is 1. The first-order valence-electron chi connectivity index (χ1n) is 9.79. The maximum Gasteiger partial charge on any atom is 0.271 e. The average Bonchev–Trinajstić information content (AvgIpc) is 2.79. The third kappa shape index (κ3) is 4.73. The Labute approximate surface area is 175 Å². The number of amides is 1. The topological polar surface area (TPSA) is 50.7 Å². The summed E-state index contributed by atoms with van der Waals surface area (Å²) in [6.07, 6.45) is 1.62. The Balaban J connectivity index is 1.35. The van der Waals surface area contributed by atoms with Crippen LogP contribution < -0.4 is 10.2 Å². The molecule has 0 spiro atoms. The van der Waals surface area contributed by atoms with Crippen molar-refractivity contribution in [1.82, 2.24) is 5.43 Å². The summed E-state index contributed by atoms with van der Waals surface area (Å²) in [7, 11) is 0. The van der Waals surface area contributed by atoms with Gasteiger partial charge in [0.2, 0.25) is 0 Å². The molecule has 0 aliphatic heterocycles. The summed E-state index contributed by atoms with van der Waals surface area (Å²) in [5.74, 6) is 0.550. The van der Waals surface area contributed by atoms with E-state index in [1.807, 2.05) is 60.7 Å². The van der Waals surface area contributed by atoms with Gasteiger partial charge in [0.25, 0.3) is 5.91 Å². The van der Waals surface area contributed by atoms with E-state index in [1.165, 1.54) is 5.56 Å². The van der Waals surface area contributed by atoms with Gasteiger partial charge in [0.1, 0.15) is 12.4 Å². The van der Waals surface area contributed by atoms with Crippen LogP contribution >= 0.6 is 0 Å². The van der Waals surface area contributed by atoms with Crippen molar-refractivity contribution in [2.45, 2.75) is 13.5 Å². The Morgan fingerprint density at radius 1 is 0.900 bits per heavy atom. The first kappa shape index (κ1) is 19.4. The lowest BCUT2D eigenvalue weighted by Gasteiger charge is -2.07. The first-order chi connectivity index (χ1) is 14.7. The predicted octanol–water partition coefficient (Wildman–Crippen LogP) is 5.49. The van der Waals surface area contributed by atoms with Gasteiger partial charge in [0, 0.05) is 5.56 Å². The molecule has 0 saturated heterocycles. The van der Waals surface area contributed by atoms with Gasteiger partial charge in [-0.1, -0.05) is 66.2 Å². The molecule has 0 fully saturated rings. The third-order valence-corrected chi connectivity index (χ3v) is 4.82. The fourth-order valence-electron chi connectivity index (χ4n) is 3.15. The van der Waals surface area contributed by atoms with E-state index >= 15 is 0 Å². The summed E-state index contributed by atoms with van der Waals surface area (Å²) in [5.41, 5.74) is 6.44. The quantitative estimate of drug-likeness (QED) is 0.347. The van der Waals surface area contributed by atoms with E-state index in [0.29, 0.717) is 12.2 Å². The molecular weight excluding hydrogens is 372 g/mol. The normalized spacial score (nSPS) is 11.0. The molecule has 4 aromatic rings. The van der Waals surface area contributed by atoms with Crippen molar-refractivity contribution in [1.29, 1.82) is 0 Å². The third-order valence-electron chi connectivity index (χ3n) is 4.82. The number of carbonyl (C=O) groups excluding carboxylic acids is 1. The zero-order valence-electron chi connectivity index (χ0n) is 16.7. The largest absolute Gasteiger partial charge is 0.489 e. The van der Waals surface area contributed by atoms with Crippen molar-refractivity contribution < 1.29 is 9.53 Å². The molecular formula is C26H22N2O2. The van der Waals surface area contributed by atoms with Crippen molar-refractivity contribution >= 4 is 22.9 Å². The molecule has 4 nitrogen and oxygen atoms in total. The number of hydrogen-bond donors (Lipinski definition) is 1. The van der Waals surface area contributed by atoms with Crippen molar-refractivity contribution in [3.8, 4) is 5.75 Å². The van der Waals surface area contributed by atoms with Gasteiger partial charge in [-0.25, -0.2) is 5.43 Å². The zero-order valence-corrected chi connectivity index (χ0v) is 16.7. The second-order valence-corrected chi connectivity index (χ2v) is 7.07. The molecule has 0 aromatic heterocycles. The molecule has 4 heteroatoms. The standard InChI is InChI=1S/C26H22N2O2/c1-19-9-11-21(12-10-19)18-30-23-15-13-20(14-16-23)17-27-28-26(29)25-8-4-6-22-5-2-3-7-24(22)25/h2-17H,18H2,1H3,(H,28,29). The van der Waals surface area contributed by atoms with Gasteiger partial charge in [-0.15, -0.1) is 0 Å². The van der Waals surface area contributed by atoms with Crippen molar-refractivity contribution in [3.63, 3.8) is 0 Å². The molecule has 0 saturated carbocycles. The minimum atomic E-state index is -0.235. The highest BCUT2D eigenvalue weighted by molar-refractivity contribution is 6.07. The highest BCUT2D eigenvalue weighted by Crippen LogP contribution is 2.18. The minimum Gasteiger partial charge on any atom is -0.489 e. The molecule has 0 heterocycles. The van der Waals surface area contributed by atoms with Gasteiger partial charge >= 0.3 is 0 Å². The Bertz CT molecular complexity index is 1170. The lowest BCUT2D eigenvalue weighted by atomic mass is 10.0. The molecule has 0 bridgehead atoms. The number of hydrazone groups is 1. The molecule has 0 unspecified atom stereocenters. The number of ether oxygens (including phenoxy) is 1. The van der Waals surface area contributed by atoms with Crippen LogP contribution in [-0.2, 0) is 6.61 Å². The number of rotatable bonds is 6. The minimum absolute atomic E-state index is 0.235. The molecule has 4 aromatic carbocycles. The molecule has 1 amide bonds. The van der Waals surface area contributed by atoms with Gasteiger partial charge < -0.3 is 4.74 Å². The van der Waals surface area contributed by atoms with Gasteiger partial charge in [-0.3, -0.25) is 4.79 Å². The van der Waals surface area contributed by atoms with Crippen molar-refractivity contribution in [3.05, 3.63) is 113 Å². The van der Waals surface area contributed by atoms with Crippen LogP contribution in [0.2, 0.25) is 0 Å². The predicted molar refractivity (Wildman–Crippen MR) is 121 cm³/mol. The monoisotopic (exact) mass is 394 g/mol. The number of benzene rings is 4. The second kappa shape index (κ2) is 9.05. The van der Waals surface area contributed by atoms with Gasteiger partial charge in [0.15, 0.2) is 0 Å². The highest BCUT2D eigenvalue weighted by atomic mass is 16.5. The Morgan fingerprint density at radius 3 is 2.43 bits per heavy atom. The molecule has 0 atom stereocenters. The summed E-state index contributed by atoms with van der Waals surface area (Å²) in [6, 6.07) is 29.3. The number of hydrogen-bond acceptors (Lipinski definition) is 3. The number of fused-ring (bicyclic) bond motifs is 1. The highest BCUT2D eigenvalue weighted by Gasteiger charge is 2.08. The van der Waals surface area contributed by atoms with Crippen LogP contribution in [0.1, 0.15) is 27.0 Å². The van der Waals surface area contributed by atoms with E-state index in [-0.39, 0.29) is 5.91 Å². The second-order valence-electron chi connectivity index (χ2n) is 7.07. The summed E-state index contributed by atoms with van der Waals surface area (Å²) >= 11 is 0. The van der Waals surface area contributed by atoms with E-state index in [9.17, 15) is 4.79 Å². The van der Waals surface area contributed by atoms with Crippen molar-refractivity contribution in [2.24, 2.45) is 5.10 Å². The summed E-state index contributed by atoms with van der Waals surface area (Å²) in [6.45, 7) is 2.59. The van der Waals surface area contributed by atoms with Gasteiger partial charge in [0.05, 0.1) is 6.21 Å². The summed E-state index contributed by atoms with van der Waals surface area (Å²) in [4.78, 5) is 12.5. The SMILES string of the molecule is Cc1ccc(COc2ccc(C=NNC(=O)c3cccc4ccccc34)cc2)cc1. The maximum atomic E-state index is 12.5. The Morgan fingerprint density at radius 2 is 1.63 bits per heavy atom. The number of aryl methyl sites for hydroxylation is 1. The molecule has 0 aliphatic carbocycles. The maximum absolute atomic E-state index is 12.5. The summed E-state index contributed by atoms with van der Waals surface area (Å²) < 4.78 is 5.81. The van der Waals surface area contributed by atoms with E-state index < -0.39 is 0 Å². The van der Waals surface area contributed by atoms with Crippen LogP contribution in [0.25, 0.3) is 10.8 Å². The molecule has 0 aliphatic rings. The molecule has 30 heavy (non-hydrogen) atoms. The van der Waals surface area contributed by atoms with Crippen LogP contribution in [0.4, 0.5) is 0 Å². The van der Waals surface area contributed by atoms with Crippen molar-refractivity contribution in [2.75, 3.05) is 0 Å². The Kier molecular flexibility index (Phi) is 5.85. The number of nitrogens with zero attached hydrogens (tertiary/aromatic N) is 1.